The number of nitrogen functional groups attached to an aromatic ring is 1. The second-order valence-electron chi connectivity index (χ2n) is 5.42. The molecular weight excluding hydrogens is 266 g/mol. The first kappa shape index (κ1) is 15.6. The molecule has 1 aromatic rings. The topological polar surface area (TPSA) is 58.8 Å². The highest BCUT2D eigenvalue weighted by Gasteiger charge is 2.25. The van der Waals surface area contributed by atoms with Crippen LogP contribution < -0.4 is 10.6 Å². The molecule has 1 unspecified atom stereocenters. The molecule has 1 saturated heterocycles. The molecule has 21 heavy (non-hydrogen) atoms. The van der Waals surface area contributed by atoms with Crippen molar-refractivity contribution in [1.82, 2.24) is 4.90 Å². The zero-order valence-electron chi connectivity index (χ0n) is 13.1. The minimum absolute atomic E-state index is 0.301. The zero-order valence-corrected chi connectivity index (χ0v) is 13.1. The molecule has 0 radical (unpaired) electrons. The Morgan fingerprint density at radius 3 is 2.76 bits per heavy atom. The molecule has 1 heterocycles. The number of ether oxygens (including phenoxy) is 1. The summed E-state index contributed by atoms with van der Waals surface area (Å²) >= 11 is 0. The van der Waals surface area contributed by atoms with Gasteiger partial charge in [0.2, 0.25) is 0 Å². The lowest BCUT2D eigenvalue weighted by molar-refractivity contribution is 0.0526. The van der Waals surface area contributed by atoms with E-state index in [1.165, 1.54) is 0 Å². The van der Waals surface area contributed by atoms with Crippen molar-refractivity contribution < 1.29 is 9.53 Å². The fourth-order valence-electron chi connectivity index (χ4n) is 2.89. The third kappa shape index (κ3) is 3.47. The number of nitrogens with two attached hydrogens (primary N) is 1. The number of piperazine rings is 1. The van der Waals surface area contributed by atoms with E-state index in [-0.39, 0.29) is 5.97 Å². The Morgan fingerprint density at radius 1 is 1.38 bits per heavy atom. The van der Waals surface area contributed by atoms with Crippen LogP contribution in [0.5, 0.6) is 0 Å². The van der Waals surface area contributed by atoms with Crippen LogP contribution in [0.15, 0.2) is 18.2 Å². The Balaban J connectivity index is 2.25. The van der Waals surface area contributed by atoms with Gasteiger partial charge in [-0.25, -0.2) is 4.79 Å². The van der Waals surface area contributed by atoms with Gasteiger partial charge in [-0.1, -0.05) is 6.92 Å². The monoisotopic (exact) mass is 291 g/mol. The molecule has 1 fully saturated rings. The molecule has 0 saturated carbocycles. The van der Waals surface area contributed by atoms with Crippen LogP contribution >= 0.6 is 0 Å². The summed E-state index contributed by atoms with van der Waals surface area (Å²) in [4.78, 5) is 16.8. The Morgan fingerprint density at radius 2 is 2.14 bits per heavy atom. The van der Waals surface area contributed by atoms with Crippen LogP contribution in [0.25, 0.3) is 0 Å². The fraction of sp³-hybridized carbons (Fsp3) is 0.562. The molecule has 0 aromatic heterocycles. The summed E-state index contributed by atoms with van der Waals surface area (Å²) in [5.74, 6) is -0.301. The van der Waals surface area contributed by atoms with Crippen molar-refractivity contribution in [2.45, 2.75) is 26.8 Å². The summed E-state index contributed by atoms with van der Waals surface area (Å²) in [6.07, 6.45) is 0. The minimum atomic E-state index is -0.301. The summed E-state index contributed by atoms with van der Waals surface area (Å²) in [5.41, 5.74) is 7.90. The second-order valence-corrected chi connectivity index (χ2v) is 5.42. The van der Waals surface area contributed by atoms with Gasteiger partial charge in [0.15, 0.2) is 0 Å². The molecule has 2 rings (SSSR count). The second kappa shape index (κ2) is 6.80. The minimum Gasteiger partial charge on any atom is -0.462 e. The molecule has 1 aliphatic heterocycles. The number of hydrogen-bond acceptors (Lipinski definition) is 5. The van der Waals surface area contributed by atoms with Gasteiger partial charge in [-0.3, -0.25) is 4.90 Å². The lowest BCUT2D eigenvalue weighted by Gasteiger charge is -2.41. The van der Waals surface area contributed by atoms with Crippen molar-refractivity contribution in [2.75, 3.05) is 43.4 Å². The highest BCUT2D eigenvalue weighted by molar-refractivity contribution is 5.97. The zero-order chi connectivity index (χ0) is 15.4. The van der Waals surface area contributed by atoms with Crippen LogP contribution in [-0.2, 0) is 4.74 Å². The lowest BCUT2D eigenvalue weighted by atomic mass is 10.1. The van der Waals surface area contributed by atoms with Gasteiger partial charge in [0.1, 0.15) is 0 Å². The van der Waals surface area contributed by atoms with E-state index in [1.54, 1.807) is 6.07 Å². The van der Waals surface area contributed by atoms with E-state index in [0.717, 1.165) is 31.9 Å². The summed E-state index contributed by atoms with van der Waals surface area (Å²) < 4.78 is 5.15. The molecule has 5 nitrogen and oxygen atoms in total. The Kier molecular flexibility index (Phi) is 5.07. The van der Waals surface area contributed by atoms with Crippen molar-refractivity contribution in [2.24, 2.45) is 0 Å². The number of carbonyl (C=O) groups excluding carboxylic acids is 1. The molecule has 2 N–H and O–H groups in total. The SMILES string of the molecule is CCOC(=O)c1cc(N)ccc1N1CCN(CC)C(C)C1. The van der Waals surface area contributed by atoms with E-state index in [0.29, 0.717) is 23.9 Å². The summed E-state index contributed by atoms with van der Waals surface area (Å²) in [6, 6.07) is 5.95. The molecule has 0 amide bonds. The van der Waals surface area contributed by atoms with Gasteiger partial charge >= 0.3 is 5.97 Å². The number of likely N-dealkylation sites (N-methyl/N-ethyl adjacent to an activating group) is 1. The smallest absolute Gasteiger partial charge is 0.340 e. The van der Waals surface area contributed by atoms with Crippen LogP contribution in [0, 0.1) is 0 Å². The first-order valence-corrected chi connectivity index (χ1v) is 7.62. The Labute approximate surface area is 126 Å². The van der Waals surface area contributed by atoms with Gasteiger partial charge in [0, 0.05) is 31.4 Å². The molecule has 5 heteroatoms. The first-order valence-electron chi connectivity index (χ1n) is 7.62. The van der Waals surface area contributed by atoms with Crippen LogP contribution in [0.4, 0.5) is 11.4 Å². The molecule has 1 aliphatic rings. The van der Waals surface area contributed by atoms with Crippen LogP contribution in [0.1, 0.15) is 31.1 Å². The number of anilines is 2. The van der Waals surface area contributed by atoms with E-state index in [9.17, 15) is 4.79 Å². The molecule has 1 aromatic carbocycles. The van der Waals surface area contributed by atoms with Gasteiger partial charge in [0.25, 0.3) is 0 Å². The van der Waals surface area contributed by atoms with E-state index in [4.69, 9.17) is 10.5 Å². The molecule has 0 aliphatic carbocycles. The number of carbonyl (C=O) groups is 1. The van der Waals surface area contributed by atoms with Crippen LogP contribution in [0.2, 0.25) is 0 Å². The fourth-order valence-corrected chi connectivity index (χ4v) is 2.89. The standard InChI is InChI=1S/C16H25N3O2/c1-4-18-8-9-19(11-12(18)3)15-7-6-13(17)10-14(15)16(20)21-5-2/h6-7,10,12H,4-5,8-9,11,17H2,1-3H3. The largest absolute Gasteiger partial charge is 0.462 e. The molecular formula is C16H25N3O2. The van der Waals surface area contributed by atoms with E-state index in [2.05, 4.69) is 23.6 Å². The lowest BCUT2D eigenvalue weighted by Crippen LogP contribution is -2.52. The summed E-state index contributed by atoms with van der Waals surface area (Å²) in [5, 5.41) is 0. The van der Waals surface area contributed by atoms with Crippen LogP contribution in [0.3, 0.4) is 0 Å². The Hall–Kier alpha value is -1.75. The van der Waals surface area contributed by atoms with Crippen molar-refractivity contribution in [1.29, 1.82) is 0 Å². The normalized spacial score (nSPS) is 19.6. The van der Waals surface area contributed by atoms with Gasteiger partial charge in [0.05, 0.1) is 17.9 Å². The number of esters is 1. The highest BCUT2D eigenvalue weighted by Crippen LogP contribution is 2.26. The van der Waals surface area contributed by atoms with Crippen molar-refractivity contribution in [3.8, 4) is 0 Å². The predicted molar refractivity (Wildman–Crippen MR) is 85.7 cm³/mol. The van der Waals surface area contributed by atoms with E-state index < -0.39 is 0 Å². The van der Waals surface area contributed by atoms with Crippen molar-refractivity contribution in [3.63, 3.8) is 0 Å². The van der Waals surface area contributed by atoms with Gasteiger partial charge < -0.3 is 15.4 Å². The highest BCUT2D eigenvalue weighted by atomic mass is 16.5. The number of hydrogen-bond donors (Lipinski definition) is 1. The van der Waals surface area contributed by atoms with E-state index in [1.807, 2.05) is 19.1 Å². The average molecular weight is 291 g/mol. The predicted octanol–water partition coefficient (Wildman–Crippen LogP) is 1.98. The number of rotatable bonds is 4. The van der Waals surface area contributed by atoms with Crippen LogP contribution in [-0.4, -0.2) is 49.7 Å². The summed E-state index contributed by atoms with van der Waals surface area (Å²) in [6.45, 7) is 10.5. The number of benzene rings is 1. The van der Waals surface area contributed by atoms with Crippen molar-refractivity contribution >= 4 is 17.3 Å². The quantitative estimate of drug-likeness (QED) is 0.679. The molecule has 1 atom stereocenters. The molecule has 0 spiro atoms. The average Bonchev–Trinajstić information content (AvgIpc) is 2.47. The maximum absolute atomic E-state index is 12.1. The summed E-state index contributed by atoms with van der Waals surface area (Å²) in [7, 11) is 0. The van der Waals surface area contributed by atoms with Gasteiger partial charge in [-0.15, -0.1) is 0 Å². The molecule has 0 bridgehead atoms. The third-order valence-corrected chi connectivity index (χ3v) is 4.03. The van der Waals surface area contributed by atoms with Gasteiger partial charge in [-0.05, 0) is 38.6 Å². The Bertz CT molecular complexity index is 504. The third-order valence-electron chi connectivity index (χ3n) is 4.03. The number of nitrogens with zero attached hydrogens (tertiary/aromatic N) is 2. The molecule has 116 valence electrons. The first-order chi connectivity index (χ1) is 10.1. The maximum Gasteiger partial charge on any atom is 0.340 e. The van der Waals surface area contributed by atoms with Crippen molar-refractivity contribution in [3.05, 3.63) is 23.8 Å². The van der Waals surface area contributed by atoms with E-state index >= 15 is 0 Å². The van der Waals surface area contributed by atoms with Gasteiger partial charge in [-0.2, -0.15) is 0 Å². The maximum atomic E-state index is 12.1.